The average Bonchev–Trinajstić information content (AvgIpc) is 3.76. The average molecular weight is 480 g/mol. The predicted molar refractivity (Wildman–Crippen MR) is 144 cm³/mol. The lowest BCUT2D eigenvalue weighted by Gasteiger charge is -2.37. The molecular formula is C28H38FN5O. The molecule has 1 aromatic heterocycles. The molecule has 1 saturated carbocycles. The van der Waals surface area contributed by atoms with Crippen LogP contribution in [0.2, 0.25) is 0 Å². The Hall–Kier alpha value is -3.09. The second-order valence-corrected chi connectivity index (χ2v) is 8.82. The number of anilines is 3. The minimum atomic E-state index is -0.206. The Labute approximate surface area is 208 Å². The molecule has 6 nitrogen and oxygen atoms in total. The molecule has 35 heavy (non-hydrogen) atoms. The minimum Gasteiger partial charge on any atom is -0.495 e. The Kier molecular flexibility index (Phi) is 7.93. The number of nitrogens with zero attached hydrogens (tertiary/aromatic N) is 5. The highest BCUT2D eigenvalue weighted by Crippen LogP contribution is 2.41. The van der Waals surface area contributed by atoms with Gasteiger partial charge in [-0.3, -0.25) is 0 Å². The van der Waals surface area contributed by atoms with Gasteiger partial charge >= 0.3 is 0 Å². The number of fused-ring (bicyclic) bond motifs is 1. The summed E-state index contributed by atoms with van der Waals surface area (Å²) < 4.78 is 20.7. The van der Waals surface area contributed by atoms with Gasteiger partial charge in [-0.05, 0) is 51.0 Å². The molecule has 7 heteroatoms. The molecule has 0 atom stereocenters. The van der Waals surface area contributed by atoms with Crippen LogP contribution in [0.5, 0.6) is 5.75 Å². The molecule has 0 unspecified atom stereocenters. The highest BCUT2D eigenvalue weighted by Gasteiger charge is 2.30. The summed E-state index contributed by atoms with van der Waals surface area (Å²) in [6.07, 6.45) is 2.27. The van der Waals surface area contributed by atoms with Gasteiger partial charge in [0.2, 0.25) is 0 Å². The van der Waals surface area contributed by atoms with E-state index in [4.69, 9.17) is 14.7 Å². The summed E-state index contributed by atoms with van der Waals surface area (Å²) in [5.74, 6) is 2.89. The monoisotopic (exact) mass is 479 g/mol. The van der Waals surface area contributed by atoms with Crippen molar-refractivity contribution in [2.45, 2.75) is 46.5 Å². The van der Waals surface area contributed by atoms with Crippen molar-refractivity contribution in [3.63, 3.8) is 0 Å². The van der Waals surface area contributed by atoms with Gasteiger partial charge in [-0.2, -0.15) is 0 Å². The molecule has 3 aromatic rings. The molecule has 0 bridgehead atoms. The molecule has 2 fully saturated rings. The van der Waals surface area contributed by atoms with Gasteiger partial charge in [-0.1, -0.05) is 26.0 Å². The summed E-state index contributed by atoms with van der Waals surface area (Å²) in [4.78, 5) is 16.5. The first-order chi connectivity index (χ1) is 17.1. The number of aromatic nitrogens is 2. The van der Waals surface area contributed by atoms with E-state index in [1.54, 1.807) is 13.2 Å². The van der Waals surface area contributed by atoms with Crippen molar-refractivity contribution in [3.05, 3.63) is 48.0 Å². The molecule has 0 amide bonds. The van der Waals surface area contributed by atoms with Crippen molar-refractivity contribution in [1.29, 1.82) is 0 Å². The number of para-hydroxylation sites is 2. The number of benzene rings is 2. The van der Waals surface area contributed by atoms with Crippen molar-refractivity contribution in [3.8, 4) is 5.75 Å². The van der Waals surface area contributed by atoms with Gasteiger partial charge in [-0.25, -0.2) is 14.4 Å². The Balaban J connectivity index is 0.00000141. The Morgan fingerprint density at radius 2 is 1.63 bits per heavy atom. The van der Waals surface area contributed by atoms with Crippen LogP contribution in [0.1, 0.15) is 52.3 Å². The quantitative estimate of drug-likeness (QED) is 0.423. The van der Waals surface area contributed by atoms with Gasteiger partial charge in [0.05, 0.1) is 24.0 Å². The molecule has 1 saturated heterocycles. The summed E-state index contributed by atoms with van der Waals surface area (Å²) in [6.45, 7) is 13.0. The van der Waals surface area contributed by atoms with Crippen LogP contribution in [0.3, 0.4) is 0 Å². The minimum absolute atomic E-state index is 0.206. The molecule has 2 aliphatic rings. The Bertz CT molecular complexity index is 1140. The molecule has 5 rings (SSSR count). The fourth-order valence-corrected chi connectivity index (χ4v) is 4.76. The molecule has 1 aliphatic heterocycles. The third-order valence-electron chi connectivity index (χ3n) is 6.81. The molecule has 1 aliphatic carbocycles. The second-order valence-electron chi connectivity index (χ2n) is 8.82. The smallest absolute Gasteiger partial charge is 0.147 e. The van der Waals surface area contributed by atoms with Crippen LogP contribution >= 0.6 is 0 Å². The zero-order valence-electron chi connectivity index (χ0n) is 21.7. The largest absolute Gasteiger partial charge is 0.495 e. The van der Waals surface area contributed by atoms with Crippen molar-refractivity contribution in [2.24, 2.45) is 0 Å². The van der Waals surface area contributed by atoms with Gasteiger partial charge in [0.15, 0.2) is 0 Å². The topological polar surface area (TPSA) is 44.7 Å². The molecule has 2 aromatic carbocycles. The fraction of sp³-hybridized carbons (Fsp3) is 0.500. The SMILES string of the molecule is CC.CCN(CC)c1cc2nc(C3CC3)nc(N3CCN(c4ccccc4OC)CC3)c2cc1F. The van der Waals surface area contributed by atoms with E-state index in [2.05, 4.69) is 29.7 Å². The van der Waals surface area contributed by atoms with Crippen LogP contribution < -0.4 is 19.4 Å². The molecular weight excluding hydrogens is 441 g/mol. The van der Waals surface area contributed by atoms with Gasteiger partial charge < -0.3 is 19.4 Å². The molecule has 188 valence electrons. The van der Waals surface area contributed by atoms with Gasteiger partial charge in [-0.15, -0.1) is 0 Å². The first kappa shape index (κ1) is 25.0. The second kappa shape index (κ2) is 11.1. The first-order valence-electron chi connectivity index (χ1n) is 13.0. The molecule has 0 radical (unpaired) electrons. The number of hydrogen-bond donors (Lipinski definition) is 0. The van der Waals surface area contributed by atoms with Crippen molar-refractivity contribution in [2.75, 3.05) is 61.1 Å². The first-order valence-corrected chi connectivity index (χ1v) is 13.0. The van der Waals surface area contributed by atoms with Crippen LogP contribution in [-0.4, -0.2) is 56.3 Å². The summed E-state index contributed by atoms with van der Waals surface area (Å²) in [6, 6.07) is 11.7. The Morgan fingerprint density at radius 1 is 0.971 bits per heavy atom. The normalized spacial score (nSPS) is 15.6. The maximum absolute atomic E-state index is 15.2. The zero-order chi connectivity index (χ0) is 24.9. The van der Waals surface area contributed by atoms with Gasteiger partial charge in [0.1, 0.15) is 23.2 Å². The standard InChI is InChI=1S/C26H32FN5O.C2H6/c1-4-30(5-2)23-17-21-19(16-20(23)27)26(29-25(28-21)18-10-11-18)32-14-12-31(13-15-32)22-8-6-7-9-24(22)33-3;1-2/h6-9,16-18H,4-5,10-15H2,1-3H3;1-2H3. The van der Waals surface area contributed by atoms with Gasteiger partial charge in [0, 0.05) is 50.6 Å². The van der Waals surface area contributed by atoms with Crippen LogP contribution in [0.4, 0.5) is 21.6 Å². The van der Waals surface area contributed by atoms with Gasteiger partial charge in [0.25, 0.3) is 0 Å². The molecule has 2 heterocycles. The highest BCUT2D eigenvalue weighted by atomic mass is 19.1. The summed E-state index contributed by atoms with van der Waals surface area (Å²) in [7, 11) is 1.71. The van der Waals surface area contributed by atoms with E-state index in [0.29, 0.717) is 11.6 Å². The number of methoxy groups -OCH3 is 1. The van der Waals surface area contributed by atoms with Crippen LogP contribution in [-0.2, 0) is 0 Å². The summed E-state index contributed by atoms with van der Waals surface area (Å²) >= 11 is 0. The number of halogens is 1. The lowest BCUT2D eigenvalue weighted by molar-refractivity contribution is 0.413. The van der Waals surface area contributed by atoms with E-state index >= 15 is 4.39 Å². The van der Waals surface area contributed by atoms with E-state index in [1.165, 1.54) is 0 Å². The van der Waals surface area contributed by atoms with E-state index in [1.807, 2.05) is 43.0 Å². The van der Waals surface area contributed by atoms with E-state index in [-0.39, 0.29) is 5.82 Å². The number of hydrogen-bond acceptors (Lipinski definition) is 6. The summed E-state index contributed by atoms with van der Waals surface area (Å²) in [5.41, 5.74) is 2.58. The number of ether oxygens (including phenoxy) is 1. The van der Waals surface area contributed by atoms with E-state index in [9.17, 15) is 0 Å². The number of piperazine rings is 1. The molecule has 0 N–H and O–H groups in total. The van der Waals surface area contributed by atoms with Crippen LogP contribution in [0.25, 0.3) is 10.9 Å². The van der Waals surface area contributed by atoms with Crippen LogP contribution in [0, 0.1) is 5.82 Å². The maximum atomic E-state index is 15.2. The van der Waals surface area contributed by atoms with Crippen LogP contribution in [0.15, 0.2) is 36.4 Å². The predicted octanol–water partition coefficient (Wildman–Crippen LogP) is 5.85. The fourth-order valence-electron chi connectivity index (χ4n) is 4.76. The van der Waals surface area contributed by atoms with E-state index in [0.717, 1.165) is 86.1 Å². The third-order valence-corrected chi connectivity index (χ3v) is 6.81. The van der Waals surface area contributed by atoms with Crippen molar-refractivity contribution in [1.82, 2.24) is 9.97 Å². The lowest BCUT2D eigenvalue weighted by atomic mass is 10.1. The number of rotatable bonds is 7. The van der Waals surface area contributed by atoms with Crippen molar-refractivity contribution >= 4 is 28.1 Å². The molecule has 0 spiro atoms. The van der Waals surface area contributed by atoms with Crippen molar-refractivity contribution < 1.29 is 9.13 Å². The summed E-state index contributed by atoms with van der Waals surface area (Å²) in [5, 5.41) is 0.804. The maximum Gasteiger partial charge on any atom is 0.147 e. The zero-order valence-corrected chi connectivity index (χ0v) is 21.7. The highest BCUT2D eigenvalue weighted by molar-refractivity contribution is 5.92. The van der Waals surface area contributed by atoms with E-state index < -0.39 is 0 Å². The lowest BCUT2D eigenvalue weighted by Crippen LogP contribution is -2.47. The third kappa shape index (κ3) is 5.14. The Morgan fingerprint density at radius 3 is 2.26 bits per heavy atom.